The zero-order valence-corrected chi connectivity index (χ0v) is 19.2. The Hall–Kier alpha value is -3.11. The highest BCUT2D eigenvalue weighted by Gasteiger charge is 2.33. The Morgan fingerprint density at radius 1 is 1.18 bits per heavy atom. The highest BCUT2D eigenvalue weighted by Crippen LogP contribution is 2.29. The number of carbonyl (C=O) groups excluding carboxylic acids is 1. The number of carbonyl (C=O) groups is 1. The molecule has 1 amide bonds. The Labute approximate surface area is 191 Å². The third kappa shape index (κ3) is 4.96. The lowest BCUT2D eigenvalue weighted by Gasteiger charge is -2.31. The predicted octanol–water partition coefficient (Wildman–Crippen LogP) is 3.79. The van der Waals surface area contributed by atoms with E-state index in [0.717, 1.165) is 0 Å². The van der Waals surface area contributed by atoms with E-state index in [1.807, 2.05) is 6.92 Å². The van der Waals surface area contributed by atoms with Gasteiger partial charge in [0.2, 0.25) is 27.6 Å². The molecule has 174 valence electrons. The van der Waals surface area contributed by atoms with Crippen molar-refractivity contribution in [3.05, 3.63) is 59.7 Å². The van der Waals surface area contributed by atoms with Gasteiger partial charge in [0.05, 0.1) is 4.90 Å². The zero-order valence-electron chi connectivity index (χ0n) is 18.4. The molecule has 2 aromatic carbocycles. The topological polar surface area (TPSA) is 105 Å². The first-order valence-electron chi connectivity index (χ1n) is 10.8. The molecule has 1 saturated heterocycles. The number of nitrogens with one attached hydrogen (secondary N) is 1. The maximum Gasteiger partial charge on any atom is 0.243 e. The molecule has 1 aliphatic heterocycles. The van der Waals surface area contributed by atoms with Crippen LogP contribution in [0.5, 0.6) is 0 Å². The van der Waals surface area contributed by atoms with Crippen molar-refractivity contribution in [3.8, 4) is 11.4 Å². The van der Waals surface area contributed by atoms with E-state index >= 15 is 0 Å². The number of sulfonamides is 1. The van der Waals surface area contributed by atoms with Crippen LogP contribution in [0.15, 0.2) is 51.9 Å². The van der Waals surface area contributed by atoms with Crippen molar-refractivity contribution in [2.24, 2.45) is 5.92 Å². The molecular formula is C23H25FN4O4S. The second-order valence-corrected chi connectivity index (χ2v) is 9.93. The molecule has 0 spiro atoms. The molecule has 8 nitrogen and oxygen atoms in total. The molecule has 0 aliphatic carbocycles. The van der Waals surface area contributed by atoms with Crippen LogP contribution in [-0.4, -0.2) is 41.9 Å². The second-order valence-electron chi connectivity index (χ2n) is 8.02. The maximum atomic E-state index is 13.4. The SMILES string of the molecule is CCc1nc(-c2ccc(C)c(S(=O)(=O)N3CCC(C(=O)Nc4ccc(F)cc4)CC3)c2)no1. The van der Waals surface area contributed by atoms with Gasteiger partial charge in [0.1, 0.15) is 5.82 Å². The van der Waals surface area contributed by atoms with Crippen LogP contribution in [0.2, 0.25) is 0 Å². The largest absolute Gasteiger partial charge is 0.339 e. The number of piperidine rings is 1. The van der Waals surface area contributed by atoms with Crippen LogP contribution in [0.25, 0.3) is 11.4 Å². The minimum atomic E-state index is -3.76. The van der Waals surface area contributed by atoms with Crippen LogP contribution in [0.1, 0.15) is 31.2 Å². The van der Waals surface area contributed by atoms with E-state index in [4.69, 9.17) is 4.52 Å². The van der Waals surface area contributed by atoms with Crippen molar-refractivity contribution in [2.75, 3.05) is 18.4 Å². The summed E-state index contributed by atoms with van der Waals surface area (Å²) in [6.45, 7) is 4.10. The molecule has 2 heterocycles. The standard InChI is InChI=1S/C23H25FN4O4S/c1-3-21-26-22(27-32-21)17-5-4-15(2)20(14-17)33(30,31)28-12-10-16(11-13-28)23(29)25-19-8-6-18(24)7-9-19/h4-9,14,16H,3,10-13H2,1-2H3,(H,25,29). The number of halogens is 1. The zero-order chi connectivity index (χ0) is 23.6. The minimum Gasteiger partial charge on any atom is -0.339 e. The molecule has 10 heteroatoms. The van der Waals surface area contributed by atoms with E-state index in [9.17, 15) is 17.6 Å². The van der Waals surface area contributed by atoms with E-state index in [1.54, 1.807) is 25.1 Å². The molecule has 0 saturated carbocycles. The molecule has 33 heavy (non-hydrogen) atoms. The number of aromatic nitrogens is 2. The summed E-state index contributed by atoms with van der Waals surface area (Å²) in [5.41, 5.74) is 1.70. The number of rotatable bonds is 6. The van der Waals surface area contributed by atoms with Gasteiger partial charge in [-0.05, 0) is 55.7 Å². The van der Waals surface area contributed by atoms with Gasteiger partial charge in [0.15, 0.2) is 0 Å². The number of amides is 1. The van der Waals surface area contributed by atoms with Gasteiger partial charge in [-0.15, -0.1) is 0 Å². The van der Waals surface area contributed by atoms with Crippen LogP contribution >= 0.6 is 0 Å². The highest BCUT2D eigenvalue weighted by atomic mass is 32.2. The fourth-order valence-corrected chi connectivity index (χ4v) is 5.53. The van der Waals surface area contributed by atoms with E-state index in [-0.39, 0.29) is 35.6 Å². The lowest BCUT2D eigenvalue weighted by atomic mass is 9.97. The van der Waals surface area contributed by atoms with Crippen molar-refractivity contribution >= 4 is 21.6 Å². The Balaban J connectivity index is 1.46. The second kappa shape index (κ2) is 9.40. The van der Waals surface area contributed by atoms with Crippen LogP contribution in [0.3, 0.4) is 0 Å². The van der Waals surface area contributed by atoms with Crippen LogP contribution in [0, 0.1) is 18.7 Å². The Bertz CT molecular complexity index is 1250. The predicted molar refractivity (Wildman–Crippen MR) is 120 cm³/mol. The number of nitrogens with zero attached hydrogens (tertiary/aromatic N) is 3. The number of hydrogen-bond acceptors (Lipinski definition) is 6. The lowest BCUT2D eigenvalue weighted by molar-refractivity contribution is -0.120. The molecular weight excluding hydrogens is 447 g/mol. The van der Waals surface area contributed by atoms with Crippen molar-refractivity contribution in [3.63, 3.8) is 0 Å². The third-order valence-corrected chi connectivity index (χ3v) is 7.81. The Morgan fingerprint density at radius 2 is 1.88 bits per heavy atom. The molecule has 0 radical (unpaired) electrons. The summed E-state index contributed by atoms with van der Waals surface area (Å²) < 4.78 is 46.4. The van der Waals surface area contributed by atoms with E-state index in [1.165, 1.54) is 28.6 Å². The van der Waals surface area contributed by atoms with Crippen molar-refractivity contribution in [2.45, 2.75) is 38.0 Å². The van der Waals surface area contributed by atoms with Gasteiger partial charge >= 0.3 is 0 Å². The average molecular weight is 473 g/mol. The molecule has 0 unspecified atom stereocenters. The quantitative estimate of drug-likeness (QED) is 0.585. The fourth-order valence-electron chi connectivity index (χ4n) is 3.81. The van der Waals surface area contributed by atoms with Gasteiger partial charge < -0.3 is 9.84 Å². The van der Waals surface area contributed by atoms with E-state index in [0.29, 0.717) is 47.8 Å². The van der Waals surface area contributed by atoms with Gasteiger partial charge in [-0.1, -0.05) is 24.2 Å². The molecule has 1 aliphatic rings. The Morgan fingerprint density at radius 3 is 2.52 bits per heavy atom. The van der Waals surface area contributed by atoms with Gasteiger partial charge in [-0.3, -0.25) is 4.79 Å². The van der Waals surface area contributed by atoms with Crippen LogP contribution in [-0.2, 0) is 21.2 Å². The highest BCUT2D eigenvalue weighted by molar-refractivity contribution is 7.89. The lowest BCUT2D eigenvalue weighted by Crippen LogP contribution is -2.41. The summed E-state index contributed by atoms with van der Waals surface area (Å²) >= 11 is 0. The normalized spacial score (nSPS) is 15.5. The first-order valence-corrected chi connectivity index (χ1v) is 12.2. The van der Waals surface area contributed by atoms with Gasteiger partial charge in [-0.2, -0.15) is 9.29 Å². The van der Waals surface area contributed by atoms with Gasteiger partial charge in [0, 0.05) is 36.7 Å². The van der Waals surface area contributed by atoms with Crippen molar-refractivity contribution in [1.29, 1.82) is 0 Å². The number of benzene rings is 2. The Kier molecular flexibility index (Phi) is 6.57. The molecule has 1 aromatic heterocycles. The molecule has 1 fully saturated rings. The summed E-state index contributed by atoms with van der Waals surface area (Å²) in [6.07, 6.45) is 1.39. The van der Waals surface area contributed by atoms with Crippen molar-refractivity contribution in [1.82, 2.24) is 14.4 Å². The summed E-state index contributed by atoms with van der Waals surface area (Å²) in [5.74, 6) is -0.0622. The monoisotopic (exact) mass is 472 g/mol. The van der Waals surface area contributed by atoms with Crippen LogP contribution in [0.4, 0.5) is 10.1 Å². The molecule has 3 aromatic rings. The summed E-state index contributed by atoms with van der Waals surface area (Å²) in [6, 6.07) is 10.6. The van der Waals surface area contributed by atoms with Crippen molar-refractivity contribution < 1.29 is 22.1 Å². The third-order valence-electron chi connectivity index (χ3n) is 5.77. The summed E-state index contributed by atoms with van der Waals surface area (Å²) in [4.78, 5) is 17.0. The van der Waals surface area contributed by atoms with Gasteiger partial charge in [-0.25, -0.2) is 12.8 Å². The first kappa shape index (κ1) is 23.1. The fraction of sp³-hybridized carbons (Fsp3) is 0.348. The van der Waals surface area contributed by atoms with E-state index in [2.05, 4.69) is 15.5 Å². The number of aryl methyl sites for hydroxylation is 2. The first-order chi connectivity index (χ1) is 15.8. The van der Waals surface area contributed by atoms with Crippen LogP contribution < -0.4 is 5.32 Å². The summed E-state index contributed by atoms with van der Waals surface area (Å²) in [5, 5.41) is 6.70. The minimum absolute atomic E-state index is 0.192. The van der Waals surface area contributed by atoms with Gasteiger partial charge in [0.25, 0.3) is 0 Å². The smallest absolute Gasteiger partial charge is 0.243 e. The molecule has 1 N–H and O–H groups in total. The molecule has 0 bridgehead atoms. The number of anilines is 1. The number of hydrogen-bond donors (Lipinski definition) is 1. The summed E-state index contributed by atoms with van der Waals surface area (Å²) in [7, 11) is -3.76. The van der Waals surface area contributed by atoms with E-state index < -0.39 is 10.0 Å². The average Bonchev–Trinajstić information content (AvgIpc) is 3.30. The maximum absolute atomic E-state index is 13.4. The molecule has 4 rings (SSSR count). The molecule has 0 atom stereocenters.